The van der Waals surface area contributed by atoms with Gasteiger partial charge in [0.25, 0.3) is 0 Å². The van der Waals surface area contributed by atoms with Gasteiger partial charge in [-0.05, 0) is 56.7 Å². The fourth-order valence-electron chi connectivity index (χ4n) is 4.36. The molecule has 1 unspecified atom stereocenters. The SMILES string of the molecule is ClC(CCN1CCCCC1)(c1ccccc1)C1CCCCC1. The second-order valence-corrected chi connectivity index (χ2v) is 7.89. The number of alkyl halides is 1. The molecule has 1 saturated carbocycles. The highest BCUT2D eigenvalue weighted by atomic mass is 35.5. The maximum absolute atomic E-state index is 7.34. The summed E-state index contributed by atoms with van der Waals surface area (Å²) in [6.45, 7) is 3.70. The number of rotatable bonds is 5. The van der Waals surface area contributed by atoms with E-state index in [-0.39, 0.29) is 4.87 Å². The second-order valence-electron chi connectivity index (χ2n) is 7.22. The van der Waals surface area contributed by atoms with Gasteiger partial charge in [-0.25, -0.2) is 0 Å². The molecule has 3 rings (SSSR count). The number of likely N-dealkylation sites (tertiary alicyclic amines) is 1. The molecule has 1 aromatic carbocycles. The van der Waals surface area contributed by atoms with Gasteiger partial charge in [0.1, 0.15) is 0 Å². The lowest BCUT2D eigenvalue weighted by molar-refractivity contribution is 0.190. The third-order valence-corrected chi connectivity index (χ3v) is 6.46. The predicted octanol–water partition coefficient (Wildman–Crippen LogP) is 5.58. The van der Waals surface area contributed by atoms with Crippen LogP contribution in [0.4, 0.5) is 0 Å². The fourth-order valence-corrected chi connectivity index (χ4v) is 4.79. The summed E-state index contributed by atoms with van der Waals surface area (Å²) in [4.78, 5) is 2.48. The van der Waals surface area contributed by atoms with Crippen LogP contribution in [0, 0.1) is 5.92 Å². The zero-order valence-corrected chi connectivity index (χ0v) is 14.5. The van der Waals surface area contributed by atoms with E-state index in [0.717, 1.165) is 13.0 Å². The first-order valence-corrected chi connectivity index (χ1v) is 9.64. The number of nitrogens with zero attached hydrogens (tertiary/aromatic N) is 1. The van der Waals surface area contributed by atoms with Crippen molar-refractivity contribution in [2.24, 2.45) is 5.92 Å². The third-order valence-electron chi connectivity index (χ3n) is 5.75. The molecule has 2 fully saturated rings. The van der Waals surface area contributed by atoms with Crippen LogP contribution >= 0.6 is 11.6 Å². The molecule has 2 heteroatoms. The second kappa shape index (κ2) is 7.84. The molecule has 1 atom stereocenters. The lowest BCUT2D eigenvalue weighted by atomic mass is 9.74. The molecule has 1 heterocycles. The fraction of sp³-hybridized carbons (Fsp3) is 0.700. The van der Waals surface area contributed by atoms with Crippen molar-refractivity contribution in [1.82, 2.24) is 4.90 Å². The van der Waals surface area contributed by atoms with Gasteiger partial charge in [0.2, 0.25) is 0 Å². The Bertz CT molecular complexity index is 434. The highest BCUT2D eigenvalue weighted by Crippen LogP contribution is 2.46. The molecule has 0 radical (unpaired) electrons. The van der Waals surface area contributed by atoms with Crippen LogP contribution in [0.5, 0.6) is 0 Å². The molecule has 0 bridgehead atoms. The summed E-state index contributed by atoms with van der Waals surface area (Å²) < 4.78 is 0. The molecular formula is C20H30ClN. The molecular weight excluding hydrogens is 290 g/mol. The predicted molar refractivity (Wildman–Crippen MR) is 95.5 cm³/mol. The third kappa shape index (κ3) is 3.86. The van der Waals surface area contributed by atoms with Crippen LogP contribution in [-0.2, 0) is 4.87 Å². The van der Waals surface area contributed by atoms with Gasteiger partial charge in [-0.1, -0.05) is 56.0 Å². The Labute approximate surface area is 141 Å². The Morgan fingerprint density at radius 3 is 2.23 bits per heavy atom. The van der Waals surface area contributed by atoms with Crippen LogP contribution in [0.15, 0.2) is 30.3 Å². The van der Waals surface area contributed by atoms with Crippen molar-refractivity contribution in [3.8, 4) is 0 Å². The molecule has 0 aromatic heterocycles. The van der Waals surface area contributed by atoms with Crippen LogP contribution in [0.2, 0.25) is 0 Å². The molecule has 1 aromatic rings. The summed E-state index contributed by atoms with van der Waals surface area (Å²) in [6, 6.07) is 10.9. The lowest BCUT2D eigenvalue weighted by Gasteiger charge is -2.40. The van der Waals surface area contributed by atoms with Gasteiger partial charge < -0.3 is 4.90 Å². The van der Waals surface area contributed by atoms with E-state index >= 15 is 0 Å². The Kier molecular flexibility index (Phi) is 5.82. The Morgan fingerprint density at radius 1 is 0.909 bits per heavy atom. The molecule has 1 aliphatic heterocycles. The van der Waals surface area contributed by atoms with Crippen molar-refractivity contribution < 1.29 is 0 Å². The molecule has 0 amide bonds. The minimum Gasteiger partial charge on any atom is -0.303 e. The largest absolute Gasteiger partial charge is 0.303 e. The van der Waals surface area contributed by atoms with Crippen molar-refractivity contribution in [3.63, 3.8) is 0 Å². The maximum Gasteiger partial charge on any atom is 0.0735 e. The van der Waals surface area contributed by atoms with E-state index in [9.17, 15) is 0 Å². The van der Waals surface area contributed by atoms with Gasteiger partial charge >= 0.3 is 0 Å². The number of hydrogen-bond donors (Lipinski definition) is 0. The number of piperidine rings is 1. The van der Waals surface area contributed by atoms with Crippen molar-refractivity contribution in [3.05, 3.63) is 35.9 Å². The minimum absolute atomic E-state index is 0.154. The highest BCUT2D eigenvalue weighted by molar-refractivity contribution is 6.24. The van der Waals surface area contributed by atoms with Crippen molar-refractivity contribution >= 4 is 11.6 Å². The monoisotopic (exact) mass is 319 g/mol. The van der Waals surface area contributed by atoms with E-state index in [1.54, 1.807) is 0 Å². The van der Waals surface area contributed by atoms with E-state index in [4.69, 9.17) is 11.6 Å². The summed E-state index contributed by atoms with van der Waals surface area (Å²) in [5.41, 5.74) is 1.35. The first-order valence-electron chi connectivity index (χ1n) is 9.26. The van der Waals surface area contributed by atoms with Gasteiger partial charge in [-0.3, -0.25) is 0 Å². The highest BCUT2D eigenvalue weighted by Gasteiger charge is 2.39. The van der Waals surface area contributed by atoms with Crippen molar-refractivity contribution in [2.75, 3.05) is 19.6 Å². The number of hydrogen-bond acceptors (Lipinski definition) is 1. The standard InChI is InChI=1S/C20H30ClN/c21-20(18-10-4-1-5-11-18,19-12-6-2-7-13-19)14-17-22-15-8-3-9-16-22/h1,4-5,10-11,19H,2-3,6-9,12-17H2. The van der Waals surface area contributed by atoms with Gasteiger partial charge in [0.15, 0.2) is 0 Å². The zero-order chi connectivity index (χ0) is 15.3. The first-order chi connectivity index (χ1) is 10.8. The molecule has 1 saturated heterocycles. The number of benzene rings is 1. The van der Waals surface area contributed by atoms with E-state index in [1.165, 1.54) is 70.0 Å². The van der Waals surface area contributed by atoms with Crippen molar-refractivity contribution in [2.45, 2.75) is 62.7 Å². The minimum atomic E-state index is -0.154. The Morgan fingerprint density at radius 2 is 1.55 bits per heavy atom. The van der Waals surface area contributed by atoms with E-state index in [0.29, 0.717) is 5.92 Å². The average molecular weight is 320 g/mol. The molecule has 1 aliphatic carbocycles. The van der Waals surface area contributed by atoms with E-state index < -0.39 is 0 Å². The Hall–Kier alpha value is -0.530. The summed E-state index contributed by atoms with van der Waals surface area (Å²) in [5, 5.41) is 0. The smallest absolute Gasteiger partial charge is 0.0735 e. The Balaban J connectivity index is 1.73. The summed E-state index contributed by atoms with van der Waals surface area (Å²) in [5.74, 6) is 0.648. The molecule has 1 nitrogen and oxygen atoms in total. The average Bonchev–Trinajstić information content (AvgIpc) is 2.62. The van der Waals surface area contributed by atoms with Crippen LogP contribution < -0.4 is 0 Å². The zero-order valence-electron chi connectivity index (χ0n) is 13.8. The van der Waals surface area contributed by atoms with E-state index in [2.05, 4.69) is 35.2 Å². The first kappa shape index (κ1) is 16.3. The molecule has 22 heavy (non-hydrogen) atoms. The molecule has 2 aliphatic rings. The maximum atomic E-state index is 7.34. The summed E-state index contributed by atoms with van der Waals surface area (Å²) in [6.07, 6.45) is 12.0. The van der Waals surface area contributed by atoms with Gasteiger partial charge in [-0.2, -0.15) is 0 Å². The van der Waals surface area contributed by atoms with Crippen LogP contribution in [-0.4, -0.2) is 24.5 Å². The molecule has 122 valence electrons. The van der Waals surface area contributed by atoms with Crippen LogP contribution in [0.1, 0.15) is 63.4 Å². The quantitative estimate of drug-likeness (QED) is 0.641. The normalized spacial score (nSPS) is 24.0. The van der Waals surface area contributed by atoms with Crippen LogP contribution in [0.25, 0.3) is 0 Å². The molecule has 0 spiro atoms. The van der Waals surface area contributed by atoms with E-state index in [1.807, 2.05) is 0 Å². The topological polar surface area (TPSA) is 3.24 Å². The van der Waals surface area contributed by atoms with Gasteiger partial charge in [0.05, 0.1) is 4.87 Å². The molecule has 0 N–H and O–H groups in total. The number of halogens is 1. The van der Waals surface area contributed by atoms with Gasteiger partial charge in [0, 0.05) is 6.54 Å². The summed E-state index contributed by atoms with van der Waals surface area (Å²) in [7, 11) is 0. The lowest BCUT2D eigenvalue weighted by Crippen LogP contribution is -2.38. The summed E-state index contributed by atoms with van der Waals surface area (Å²) >= 11 is 7.34. The van der Waals surface area contributed by atoms with Gasteiger partial charge in [-0.15, -0.1) is 11.6 Å². The van der Waals surface area contributed by atoms with Crippen LogP contribution in [0.3, 0.4) is 0 Å². The van der Waals surface area contributed by atoms with Crippen molar-refractivity contribution in [1.29, 1.82) is 0 Å².